The lowest BCUT2D eigenvalue weighted by atomic mass is 10.3. The van der Waals surface area contributed by atoms with E-state index in [0.717, 1.165) is 30.3 Å². The van der Waals surface area contributed by atoms with Gasteiger partial charge in [-0.05, 0) is 20.4 Å². The first-order valence-corrected chi connectivity index (χ1v) is 7.64. The molecule has 2 aromatic heterocycles. The molecular formula is C12H18N4S2. The number of hydrogen-bond donors (Lipinski definition) is 1. The third-order valence-corrected chi connectivity index (χ3v) is 4.67. The Kier molecular flexibility index (Phi) is 4.68. The summed E-state index contributed by atoms with van der Waals surface area (Å²) in [4.78, 5) is 12.4. The average Bonchev–Trinajstić information content (AvgIpc) is 2.96. The van der Waals surface area contributed by atoms with Crippen LogP contribution in [-0.4, -0.2) is 35.5 Å². The van der Waals surface area contributed by atoms with Gasteiger partial charge >= 0.3 is 0 Å². The highest BCUT2D eigenvalue weighted by atomic mass is 32.1. The van der Waals surface area contributed by atoms with E-state index < -0.39 is 0 Å². The second-order valence-corrected chi connectivity index (χ2v) is 6.04. The molecule has 4 nitrogen and oxygen atoms in total. The Labute approximate surface area is 116 Å². The number of hydrogen-bond acceptors (Lipinski definition) is 6. The van der Waals surface area contributed by atoms with E-state index in [4.69, 9.17) is 0 Å². The Morgan fingerprint density at radius 3 is 2.83 bits per heavy atom. The molecule has 0 aliphatic carbocycles. The van der Waals surface area contributed by atoms with Crippen molar-refractivity contribution in [2.24, 2.45) is 0 Å². The number of nitrogens with zero attached hydrogens (tertiary/aromatic N) is 3. The van der Waals surface area contributed by atoms with E-state index in [9.17, 15) is 0 Å². The highest BCUT2D eigenvalue weighted by Gasteiger charge is 2.07. The third kappa shape index (κ3) is 3.51. The molecule has 2 aromatic rings. The summed E-state index contributed by atoms with van der Waals surface area (Å²) in [6.45, 7) is 4.01. The zero-order valence-corrected chi connectivity index (χ0v) is 12.6. The lowest BCUT2D eigenvalue weighted by Crippen LogP contribution is -2.20. The highest BCUT2D eigenvalue weighted by Crippen LogP contribution is 2.16. The normalized spacial score (nSPS) is 11.1. The summed E-state index contributed by atoms with van der Waals surface area (Å²) in [7, 11) is 4.04. The van der Waals surface area contributed by atoms with Crippen molar-refractivity contribution in [2.45, 2.75) is 19.9 Å². The van der Waals surface area contributed by atoms with Gasteiger partial charge in [-0.2, -0.15) is 0 Å². The second-order valence-electron chi connectivity index (χ2n) is 4.24. The van der Waals surface area contributed by atoms with Gasteiger partial charge in [0.15, 0.2) is 5.13 Å². The van der Waals surface area contributed by atoms with E-state index in [1.165, 1.54) is 10.6 Å². The minimum absolute atomic E-state index is 0.899. The van der Waals surface area contributed by atoms with Gasteiger partial charge in [0, 0.05) is 30.4 Å². The van der Waals surface area contributed by atoms with Gasteiger partial charge in [0.05, 0.1) is 16.9 Å². The smallest absolute Gasteiger partial charge is 0.182 e. The molecule has 18 heavy (non-hydrogen) atoms. The quantitative estimate of drug-likeness (QED) is 0.884. The van der Waals surface area contributed by atoms with Gasteiger partial charge in [-0.25, -0.2) is 9.97 Å². The van der Waals surface area contributed by atoms with E-state index in [1.807, 2.05) is 12.6 Å². The molecule has 98 valence electrons. The molecule has 2 heterocycles. The molecule has 0 aromatic carbocycles. The number of rotatable bonds is 6. The molecule has 0 saturated heterocycles. The Morgan fingerprint density at radius 1 is 1.39 bits per heavy atom. The molecule has 0 atom stereocenters. The van der Waals surface area contributed by atoms with Crippen molar-refractivity contribution in [3.63, 3.8) is 0 Å². The summed E-state index contributed by atoms with van der Waals surface area (Å²) in [6.07, 6.45) is 1.07. The number of aromatic nitrogens is 2. The van der Waals surface area contributed by atoms with E-state index in [2.05, 4.69) is 39.5 Å². The summed E-state index contributed by atoms with van der Waals surface area (Å²) in [6, 6.07) is 0. The van der Waals surface area contributed by atoms with Gasteiger partial charge in [-0.15, -0.1) is 22.7 Å². The molecule has 6 heteroatoms. The number of aryl methyl sites for hydroxylation is 1. The van der Waals surface area contributed by atoms with Crippen LogP contribution in [0.25, 0.3) is 0 Å². The number of nitrogens with one attached hydrogen (secondary N) is 1. The van der Waals surface area contributed by atoms with Crippen molar-refractivity contribution in [1.82, 2.24) is 14.9 Å². The molecule has 0 radical (unpaired) electrons. The van der Waals surface area contributed by atoms with Crippen LogP contribution in [0, 0.1) is 6.92 Å². The van der Waals surface area contributed by atoms with Gasteiger partial charge in [-0.1, -0.05) is 0 Å². The van der Waals surface area contributed by atoms with Crippen LogP contribution in [0.1, 0.15) is 16.3 Å². The molecular weight excluding hydrogens is 264 g/mol. The molecule has 0 saturated carbocycles. The lowest BCUT2D eigenvalue weighted by molar-refractivity contribution is 0.328. The fourth-order valence-electron chi connectivity index (χ4n) is 1.71. The minimum atomic E-state index is 0.899. The summed E-state index contributed by atoms with van der Waals surface area (Å²) < 4.78 is 0. The first kappa shape index (κ1) is 13.5. The van der Waals surface area contributed by atoms with Crippen molar-refractivity contribution in [2.75, 3.05) is 26.0 Å². The fourth-order valence-corrected chi connectivity index (χ4v) is 3.14. The van der Waals surface area contributed by atoms with Crippen LogP contribution < -0.4 is 5.32 Å². The van der Waals surface area contributed by atoms with Gasteiger partial charge in [-0.3, -0.25) is 0 Å². The van der Waals surface area contributed by atoms with Crippen LogP contribution in [0.2, 0.25) is 0 Å². The number of likely N-dealkylation sites (N-methyl/N-ethyl adjacent to an activating group) is 1. The monoisotopic (exact) mass is 282 g/mol. The highest BCUT2D eigenvalue weighted by molar-refractivity contribution is 7.13. The summed E-state index contributed by atoms with van der Waals surface area (Å²) in [5.41, 5.74) is 4.22. The predicted octanol–water partition coefficient (Wildman–Crippen LogP) is 2.62. The summed E-state index contributed by atoms with van der Waals surface area (Å²) in [5, 5.41) is 6.16. The molecule has 0 spiro atoms. The maximum atomic E-state index is 4.49. The van der Waals surface area contributed by atoms with Crippen LogP contribution in [-0.2, 0) is 13.0 Å². The largest absolute Gasteiger partial charge is 0.365 e. The molecule has 0 aliphatic rings. The zero-order valence-electron chi connectivity index (χ0n) is 10.9. The summed E-state index contributed by atoms with van der Waals surface area (Å²) in [5.74, 6) is 0. The van der Waals surface area contributed by atoms with Crippen molar-refractivity contribution in [3.8, 4) is 0 Å². The van der Waals surface area contributed by atoms with Crippen LogP contribution >= 0.6 is 22.7 Å². The van der Waals surface area contributed by atoms with E-state index in [-0.39, 0.29) is 0 Å². The van der Waals surface area contributed by atoms with Gasteiger partial charge in [0.2, 0.25) is 0 Å². The van der Waals surface area contributed by atoms with E-state index in [0.29, 0.717) is 0 Å². The fraction of sp³-hybridized carbons (Fsp3) is 0.500. The molecule has 1 N–H and O–H groups in total. The van der Waals surface area contributed by atoms with Gasteiger partial charge in [0.25, 0.3) is 0 Å². The van der Waals surface area contributed by atoms with Crippen LogP contribution in [0.3, 0.4) is 0 Å². The maximum Gasteiger partial charge on any atom is 0.182 e. The Balaban J connectivity index is 1.81. The topological polar surface area (TPSA) is 41.1 Å². The Hall–Kier alpha value is -0.980. The van der Waals surface area contributed by atoms with Crippen LogP contribution in [0.15, 0.2) is 10.9 Å². The first-order chi connectivity index (χ1) is 8.69. The summed E-state index contributed by atoms with van der Waals surface area (Å²) >= 11 is 3.40. The third-order valence-electron chi connectivity index (χ3n) is 2.76. The van der Waals surface area contributed by atoms with E-state index >= 15 is 0 Å². The van der Waals surface area contributed by atoms with Crippen molar-refractivity contribution >= 4 is 27.8 Å². The van der Waals surface area contributed by atoms with E-state index in [1.54, 1.807) is 22.7 Å². The standard InChI is InChI=1S/C12H18N4S2/c1-9-11(18-8-14-9)4-5-16(3)6-10-7-17-12(13-2)15-10/h7-8H,4-6H2,1-3H3,(H,13,15). The molecule has 2 rings (SSSR count). The number of anilines is 1. The van der Waals surface area contributed by atoms with Crippen molar-refractivity contribution in [3.05, 3.63) is 27.2 Å². The van der Waals surface area contributed by atoms with Crippen LogP contribution in [0.4, 0.5) is 5.13 Å². The first-order valence-electron chi connectivity index (χ1n) is 5.88. The van der Waals surface area contributed by atoms with Crippen LogP contribution in [0.5, 0.6) is 0 Å². The Morgan fingerprint density at radius 2 is 2.22 bits per heavy atom. The lowest BCUT2D eigenvalue weighted by Gasteiger charge is -2.14. The average molecular weight is 282 g/mol. The van der Waals surface area contributed by atoms with Gasteiger partial charge < -0.3 is 10.2 Å². The Bertz CT molecular complexity index is 492. The molecule has 0 unspecified atom stereocenters. The van der Waals surface area contributed by atoms with Crippen molar-refractivity contribution in [1.29, 1.82) is 0 Å². The predicted molar refractivity (Wildman–Crippen MR) is 78.5 cm³/mol. The maximum absolute atomic E-state index is 4.49. The zero-order chi connectivity index (χ0) is 13.0. The van der Waals surface area contributed by atoms with Gasteiger partial charge in [0.1, 0.15) is 0 Å². The molecule has 0 bridgehead atoms. The second kappa shape index (κ2) is 6.26. The SMILES string of the molecule is CNc1nc(CN(C)CCc2scnc2C)cs1. The minimum Gasteiger partial charge on any atom is -0.365 e. The molecule has 0 amide bonds. The molecule has 0 fully saturated rings. The van der Waals surface area contributed by atoms with Crippen molar-refractivity contribution < 1.29 is 0 Å². The number of thiazole rings is 2. The molecule has 0 aliphatic heterocycles.